The summed E-state index contributed by atoms with van der Waals surface area (Å²) in [7, 11) is 0. The van der Waals surface area contributed by atoms with Crippen LogP contribution in [0, 0.1) is 57.2 Å². The monoisotopic (exact) mass is 500 g/mol. The third-order valence-corrected chi connectivity index (χ3v) is 12.9. The second-order valence-electron chi connectivity index (χ2n) is 15.2. The second kappa shape index (κ2) is 8.73. The summed E-state index contributed by atoms with van der Waals surface area (Å²) in [4.78, 5) is 25.9. The Hall–Kier alpha value is -1.06. The third-order valence-electron chi connectivity index (χ3n) is 12.9. The van der Waals surface area contributed by atoms with E-state index in [9.17, 15) is 9.59 Å². The lowest BCUT2D eigenvalue weighted by molar-refractivity contribution is -0.213. The third kappa shape index (κ3) is 3.50. The molecule has 0 aromatic carbocycles. The highest BCUT2D eigenvalue weighted by molar-refractivity contribution is 5.82. The number of hydrogen-bond donors (Lipinski definition) is 0. The zero-order valence-electron chi connectivity index (χ0n) is 24.3. The van der Waals surface area contributed by atoms with Crippen LogP contribution in [0.5, 0.6) is 0 Å². The van der Waals surface area contributed by atoms with Crippen molar-refractivity contribution in [2.45, 2.75) is 132 Å². The molecular weight excluding hydrogens is 448 g/mol. The molecule has 5 aliphatic rings. The van der Waals surface area contributed by atoms with Gasteiger partial charge >= 0.3 is 11.9 Å². The Morgan fingerprint density at radius 3 is 2.42 bits per heavy atom. The van der Waals surface area contributed by atoms with E-state index in [1.165, 1.54) is 44.9 Å². The molecule has 4 heteroatoms. The van der Waals surface area contributed by atoms with Crippen molar-refractivity contribution in [2.75, 3.05) is 0 Å². The average Bonchev–Trinajstić information content (AvgIpc) is 3.26. The van der Waals surface area contributed by atoms with Gasteiger partial charge in [0.1, 0.15) is 12.2 Å². The highest BCUT2D eigenvalue weighted by atomic mass is 16.6. The van der Waals surface area contributed by atoms with Gasteiger partial charge in [0.05, 0.1) is 5.41 Å². The Balaban J connectivity index is 1.45. The van der Waals surface area contributed by atoms with Crippen LogP contribution in [-0.4, -0.2) is 24.1 Å². The predicted octanol–water partition coefficient (Wildman–Crippen LogP) is 7.58. The quantitative estimate of drug-likeness (QED) is 0.353. The summed E-state index contributed by atoms with van der Waals surface area (Å²) in [6.07, 6.45) is 11.5. The van der Waals surface area contributed by atoms with Gasteiger partial charge in [0.2, 0.25) is 0 Å². The van der Waals surface area contributed by atoms with Gasteiger partial charge in [0.15, 0.2) is 0 Å². The van der Waals surface area contributed by atoms with E-state index in [2.05, 4.69) is 48.5 Å². The van der Waals surface area contributed by atoms with E-state index >= 15 is 0 Å². The van der Waals surface area contributed by atoms with Crippen LogP contribution < -0.4 is 0 Å². The minimum absolute atomic E-state index is 0.0171. The van der Waals surface area contributed by atoms with Gasteiger partial charge in [-0.25, -0.2) is 0 Å². The molecule has 10 atom stereocenters. The zero-order chi connectivity index (χ0) is 26.3. The molecule has 1 saturated heterocycles. The van der Waals surface area contributed by atoms with Gasteiger partial charge in [-0.05, 0) is 78.9 Å². The number of fused-ring (bicyclic) bond motifs is 6. The SMILES string of the molecule is CC(=O)O[C@H]1CC[C@]2(C)[C@H]3[C@@H]4C[C@]5(C(=O)O4)[C@@H]([C@H](C)CCCC(C)C)CC[C@@]5(C)[C@@H]3CC[C@H]2C1(C)C. The van der Waals surface area contributed by atoms with Crippen molar-refractivity contribution in [3.05, 3.63) is 0 Å². The first kappa shape index (κ1) is 26.5. The molecule has 1 spiro atoms. The summed E-state index contributed by atoms with van der Waals surface area (Å²) < 4.78 is 12.4. The van der Waals surface area contributed by atoms with Crippen molar-refractivity contribution >= 4 is 11.9 Å². The van der Waals surface area contributed by atoms with Gasteiger partial charge in [-0.2, -0.15) is 0 Å². The highest BCUT2D eigenvalue weighted by Crippen LogP contribution is 2.77. The fourth-order valence-corrected chi connectivity index (χ4v) is 11.3. The second-order valence-corrected chi connectivity index (χ2v) is 15.2. The largest absolute Gasteiger partial charge is 0.462 e. The van der Waals surface area contributed by atoms with Gasteiger partial charge in [0.25, 0.3) is 0 Å². The lowest BCUT2D eigenvalue weighted by Crippen LogP contribution is -2.64. The number of rotatable bonds is 6. The first-order valence-electron chi connectivity index (χ1n) is 15.2. The maximum absolute atomic E-state index is 14.0. The van der Waals surface area contributed by atoms with Crippen LogP contribution in [0.1, 0.15) is 120 Å². The fourth-order valence-electron chi connectivity index (χ4n) is 11.3. The highest BCUT2D eigenvalue weighted by Gasteiger charge is 2.77. The first-order chi connectivity index (χ1) is 16.8. The van der Waals surface area contributed by atoms with E-state index in [1.54, 1.807) is 6.92 Å². The summed E-state index contributed by atoms with van der Waals surface area (Å²) in [5.41, 5.74) is -0.174. The van der Waals surface area contributed by atoms with E-state index in [1.807, 2.05) is 0 Å². The molecule has 4 nitrogen and oxygen atoms in total. The van der Waals surface area contributed by atoms with Crippen LogP contribution in [0.3, 0.4) is 0 Å². The Labute approximate surface area is 220 Å². The Morgan fingerprint density at radius 1 is 1.03 bits per heavy atom. The molecule has 204 valence electrons. The van der Waals surface area contributed by atoms with E-state index in [-0.39, 0.29) is 45.8 Å². The van der Waals surface area contributed by atoms with Gasteiger partial charge in [-0.3, -0.25) is 9.59 Å². The van der Waals surface area contributed by atoms with Crippen LogP contribution in [0.25, 0.3) is 0 Å². The number of hydrogen-bond acceptors (Lipinski definition) is 4. The molecule has 5 fully saturated rings. The van der Waals surface area contributed by atoms with E-state index < -0.39 is 0 Å². The molecule has 1 aliphatic heterocycles. The Kier molecular flexibility index (Phi) is 6.44. The summed E-state index contributed by atoms with van der Waals surface area (Å²) in [5.74, 6) is 3.24. The molecule has 0 radical (unpaired) electrons. The van der Waals surface area contributed by atoms with Crippen molar-refractivity contribution in [3.8, 4) is 0 Å². The maximum Gasteiger partial charge on any atom is 0.313 e. The lowest BCUT2D eigenvalue weighted by atomic mass is 9.37. The number of carbonyl (C=O) groups is 2. The maximum atomic E-state index is 14.0. The van der Waals surface area contributed by atoms with Crippen LogP contribution >= 0.6 is 0 Å². The van der Waals surface area contributed by atoms with E-state index in [0.29, 0.717) is 29.6 Å². The molecular formula is C32H52O4. The molecule has 2 bridgehead atoms. The van der Waals surface area contributed by atoms with E-state index in [0.717, 1.165) is 25.2 Å². The van der Waals surface area contributed by atoms with Gasteiger partial charge in [0, 0.05) is 24.7 Å². The van der Waals surface area contributed by atoms with Crippen LogP contribution in [-0.2, 0) is 19.1 Å². The van der Waals surface area contributed by atoms with Crippen molar-refractivity contribution < 1.29 is 19.1 Å². The molecule has 0 N–H and O–H groups in total. The molecule has 4 aliphatic carbocycles. The first-order valence-corrected chi connectivity index (χ1v) is 15.2. The molecule has 0 unspecified atom stereocenters. The molecule has 1 heterocycles. The van der Waals surface area contributed by atoms with Crippen molar-refractivity contribution in [1.29, 1.82) is 0 Å². The molecule has 4 saturated carbocycles. The van der Waals surface area contributed by atoms with Gasteiger partial charge in [-0.15, -0.1) is 0 Å². The smallest absolute Gasteiger partial charge is 0.313 e. The normalized spacial score (nSPS) is 47.5. The van der Waals surface area contributed by atoms with Crippen molar-refractivity contribution in [3.63, 3.8) is 0 Å². The Bertz CT molecular complexity index is 893. The van der Waals surface area contributed by atoms with Crippen LogP contribution in [0.2, 0.25) is 0 Å². The minimum atomic E-state index is -0.274. The predicted molar refractivity (Wildman–Crippen MR) is 142 cm³/mol. The van der Waals surface area contributed by atoms with Crippen molar-refractivity contribution in [2.24, 2.45) is 57.2 Å². The minimum Gasteiger partial charge on any atom is -0.462 e. The summed E-state index contributed by atoms with van der Waals surface area (Å²) in [5, 5.41) is 0. The zero-order valence-corrected chi connectivity index (χ0v) is 24.3. The van der Waals surface area contributed by atoms with Crippen LogP contribution in [0.4, 0.5) is 0 Å². The standard InChI is InChI=1S/C32H52O4/c1-19(2)10-9-11-20(3)22-14-17-31(8)23-12-13-25-29(5,6)26(35-21(4)33)15-16-30(25,7)27(23)24-18-32(22,31)28(34)36-24/h19-20,22-27H,9-18H2,1-8H3/t20-,22-,23-,24+,25+,26+,27-,30+,31+,32-/m1/s1. The fraction of sp³-hybridized carbons (Fsp3) is 0.938. The number of carbonyl (C=O) groups excluding carboxylic acids is 2. The molecule has 5 rings (SSSR count). The Morgan fingerprint density at radius 2 is 1.75 bits per heavy atom. The molecule has 0 aromatic rings. The molecule has 0 amide bonds. The van der Waals surface area contributed by atoms with Gasteiger partial charge in [-0.1, -0.05) is 67.7 Å². The van der Waals surface area contributed by atoms with E-state index in [4.69, 9.17) is 9.47 Å². The van der Waals surface area contributed by atoms with Crippen LogP contribution in [0.15, 0.2) is 0 Å². The summed E-state index contributed by atoms with van der Waals surface area (Å²) >= 11 is 0. The lowest BCUT2D eigenvalue weighted by Gasteiger charge is -2.66. The average molecular weight is 501 g/mol. The van der Waals surface area contributed by atoms with Gasteiger partial charge < -0.3 is 9.47 Å². The summed E-state index contributed by atoms with van der Waals surface area (Å²) in [6, 6.07) is 0. The molecule has 0 aromatic heterocycles. The molecule has 36 heavy (non-hydrogen) atoms. The topological polar surface area (TPSA) is 52.6 Å². The summed E-state index contributed by atoms with van der Waals surface area (Å²) in [6.45, 7) is 18.2. The number of ether oxygens (including phenoxy) is 2. The number of esters is 2. The van der Waals surface area contributed by atoms with Crippen molar-refractivity contribution in [1.82, 2.24) is 0 Å².